The zero-order valence-corrected chi connectivity index (χ0v) is 19.1. The molecule has 3 aromatic rings. The van der Waals surface area contributed by atoms with Crippen LogP contribution in [0.3, 0.4) is 0 Å². The Labute approximate surface area is 190 Å². The van der Waals surface area contributed by atoms with E-state index in [9.17, 15) is 9.59 Å². The van der Waals surface area contributed by atoms with Crippen LogP contribution in [0.25, 0.3) is 16.8 Å². The second-order valence-electron chi connectivity index (χ2n) is 6.14. The van der Waals surface area contributed by atoms with Gasteiger partial charge in [-0.3, -0.25) is 20.4 Å². The van der Waals surface area contributed by atoms with Gasteiger partial charge in [0.15, 0.2) is 6.61 Å². The van der Waals surface area contributed by atoms with E-state index in [0.717, 1.165) is 25.3 Å². The van der Waals surface area contributed by atoms with Gasteiger partial charge < -0.3 is 9.47 Å². The molecule has 0 heterocycles. The molecule has 0 aromatic heterocycles. The van der Waals surface area contributed by atoms with Gasteiger partial charge in [-0.05, 0) is 57.0 Å². The van der Waals surface area contributed by atoms with Crippen molar-refractivity contribution in [3.63, 3.8) is 0 Å². The fourth-order valence-corrected chi connectivity index (χ4v) is 3.66. The number of ether oxygens (including phenoxy) is 2. The van der Waals surface area contributed by atoms with Crippen molar-refractivity contribution in [2.45, 2.75) is 0 Å². The lowest BCUT2D eigenvalue weighted by molar-refractivity contribution is -0.128. The molecule has 0 bridgehead atoms. The standard InChI is InChI=1S/C22H18Br2N2O4/c1-29-18-5-3-2-4-14(18)7-11-20(27)25-26-21(28)13-30-19-10-6-15-12-16(23)8-9-17(15)22(19)24/h2-12H,13H2,1H3,(H,25,27)(H,26,28). The first kappa shape index (κ1) is 21.9. The van der Waals surface area contributed by atoms with E-state index in [0.29, 0.717) is 11.5 Å². The molecule has 154 valence electrons. The average molecular weight is 534 g/mol. The van der Waals surface area contributed by atoms with Crippen LogP contribution in [0.15, 0.2) is 69.6 Å². The maximum atomic E-state index is 12.0. The SMILES string of the molecule is COc1ccccc1C=CC(=O)NNC(=O)COc1ccc2cc(Br)ccc2c1Br. The average Bonchev–Trinajstić information content (AvgIpc) is 2.75. The lowest BCUT2D eigenvalue weighted by Gasteiger charge is -2.11. The molecule has 3 aromatic carbocycles. The summed E-state index contributed by atoms with van der Waals surface area (Å²) < 4.78 is 12.5. The first-order chi connectivity index (χ1) is 14.5. The number of carbonyl (C=O) groups excluding carboxylic acids is 2. The van der Waals surface area contributed by atoms with Crippen molar-refractivity contribution in [2.24, 2.45) is 0 Å². The normalized spacial score (nSPS) is 10.8. The molecular weight excluding hydrogens is 516 g/mol. The summed E-state index contributed by atoms with van der Waals surface area (Å²) in [5.41, 5.74) is 5.38. The molecule has 0 unspecified atom stereocenters. The van der Waals surface area contributed by atoms with E-state index < -0.39 is 11.8 Å². The van der Waals surface area contributed by atoms with E-state index >= 15 is 0 Å². The summed E-state index contributed by atoms with van der Waals surface area (Å²) in [4.78, 5) is 23.9. The Bertz CT molecular complexity index is 1120. The third kappa shape index (κ3) is 5.61. The highest BCUT2D eigenvalue weighted by molar-refractivity contribution is 9.11. The predicted octanol–water partition coefficient (Wildman–Crippen LogP) is 4.61. The molecule has 0 aliphatic rings. The zero-order chi connectivity index (χ0) is 21.5. The molecule has 6 nitrogen and oxygen atoms in total. The van der Waals surface area contributed by atoms with Crippen molar-refractivity contribution in [1.29, 1.82) is 0 Å². The largest absolute Gasteiger partial charge is 0.496 e. The molecule has 3 rings (SSSR count). The molecule has 0 radical (unpaired) electrons. The number of hydrogen-bond donors (Lipinski definition) is 2. The van der Waals surface area contributed by atoms with Crippen LogP contribution in [0.1, 0.15) is 5.56 Å². The zero-order valence-electron chi connectivity index (χ0n) is 15.9. The molecule has 0 fully saturated rings. The number of hydrogen-bond acceptors (Lipinski definition) is 4. The van der Waals surface area contributed by atoms with Gasteiger partial charge in [0.2, 0.25) is 0 Å². The number of nitrogens with one attached hydrogen (secondary N) is 2. The maximum Gasteiger partial charge on any atom is 0.276 e. The van der Waals surface area contributed by atoms with Gasteiger partial charge in [0, 0.05) is 16.1 Å². The van der Waals surface area contributed by atoms with Crippen molar-refractivity contribution in [3.05, 3.63) is 75.2 Å². The molecule has 0 spiro atoms. The molecule has 30 heavy (non-hydrogen) atoms. The van der Waals surface area contributed by atoms with Crippen LogP contribution in [0.4, 0.5) is 0 Å². The number of halogens is 2. The monoisotopic (exact) mass is 532 g/mol. The van der Waals surface area contributed by atoms with Gasteiger partial charge in [-0.25, -0.2) is 0 Å². The van der Waals surface area contributed by atoms with Crippen molar-refractivity contribution in [1.82, 2.24) is 10.9 Å². The fraction of sp³-hybridized carbons (Fsp3) is 0.0909. The summed E-state index contributed by atoms with van der Waals surface area (Å²) in [6.45, 7) is -0.253. The van der Waals surface area contributed by atoms with E-state index in [1.54, 1.807) is 25.3 Å². The highest BCUT2D eigenvalue weighted by Crippen LogP contribution is 2.34. The Balaban J connectivity index is 1.52. The number of amides is 2. The summed E-state index contributed by atoms with van der Waals surface area (Å²) in [7, 11) is 1.56. The fourth-order valence-electron chi connectivity index (χ4n) is 2.68. The Hall–Kier alpha value is -2.84. The number of benzene rings is 3. The quantitative estimate of drug-likeness (QED) is 0.358. The number of hydrazine groups is 1. The molecule has 8 heteroatoms. The number of para-hydroxylation sites is 1. The van der Waals surface area contributed by atoms with Gasteiger partial charge >= 0.3 is 0 Å². The van der Waals surface area contributed by atoms with Crippen LogP contribution in [-0.2, 0) is 9.59 Å². The van der Waals surface area contributed by atoms with Crippen molar-refractivity contribution in [2.75, 3.05) is 13.7 Å². The number of fused-ring (bicyclic) bond motifs is 1. The van der Waals surface area contributed by atoms with Crippen LogP contribution in [-0.4, -0.2) is 25.5 Å². The van der Waals surface area contributed by atoms with Gasteiger partial charge in [0.05, 0.1) is 11.6 Å². The molecule has 0 atom stereocenters. The predicted molar refractivity (Wildman–Crippen MR) is 123 cm³/mol. The highest BCUT2D eigenvalue weighted by atomic mass is 79.9. The number of methoxy groups -OCH3 is 1. The first-order valence-electron chi connectivity index (χ1n) is 8.88. The molecule has 0 aliphatic carbocycles. The van der Waals surface area contributed by atoms with E-state index in [-0.39, 0.29) is 6.61 Å². The third-order valence-corrected chi connectivity index (χ3v) is 5.43. The van der Waals surface area contributed by atoms with E-state index in [4.69, 9.17) is 9.47 Å². The summed E-state index contributed by atoms with van der Waals surface area (Å²) >= 11 is 6.95. The highest BCUT2D eigenvalue weighted by Gasteiger charge is 2.09. The van der Waals surface area contributed by atoms with Crippen LogP contribution in [0.2, 0.25) is 0 Å². The molecule has 0 saturated heterocycles. The second-order valence-corrected chi connectivity index (χ2v) is 7.85. The van der Waals surface area contributed by atoms with Crippen LogP contribution in [0, 0.1) is 0 Å². The van der Waals surface area contributed by atoms with Gasteiger partial charge in [0.25, 0.3) is 11.8 Å². The van der Waals surface area contributed by atoms with Crippen LogP contribution in [0.5, 0.6) is 11.5 Å². The molecule has 0 aliphatic heterocycles. The smallest absolute Gasteiger partial charge is 0.276 e. The van der Waals surface area contributed by atoms with E-state index in [2.05, 4.69) is 42.7 Å². The van der Waals surface area contributed by atoms with Gasteiger partial charge in [-0.2, -0.15) is 0 Å². The summed E-state index contributed by atoms with van der Waals surface area (Å²) in [6, 6.07) is 16.8. The molecule has 0 saturated carbocycles. The minimum Gasteiger partial charge on any atom is -0.496 e. The molecule has 2 amide bonds. The van der Waals surface area contributed by atoms with Gasteiger partial charge in [-0.15, -0.1) is 0 Å². The lowest BCUT2D eigenvalue weighted by atomic mass is 10.1. The summed E-state index contributed by atoms with van der Waals surface area (Å²) in [5, 5.41) is 1.99. The van der Waals surface area contributed by atoms with Gasteiger partial charge in [0.1, 0.15) is 11.5 Å². The van der Waals surface area contributed by atoms with E-state index in [1.807, 2.05) is 42.5 Å². The summed E-state index contributed by atoms with van der Waals surface area (Å²) in [5.74, 6) is 0.207. The minimum absolute atomic E-state index is 0.253. The second kappa shape index (κ2) is 10.3. The third-order valence-electron chi connectivity index (χ3n) is 4.12. The number of carbonyl (C=O) groups is 2. The van der Waals surface area contributed by atoms with Crippen LogP contribution >= 0.6 is 31.9 Å². The maximum absolute atomic E-state index is 12.0. The number of rotatable bonds is 6. The minimum atomic E-state index is -0.489. The Morgan fingerprint density at radius 2 is 1.80 bits per heavy atom. The van der Waals surface area contributed by atoms with Crippen molar-refractivity contribution in [3.8, 4) is 11.5 Å². The lowest BCUT2D eigenvalue weighted by Crippen LogP contribution is -2.43. The van der Waals surface area contributed by atoms with Crippen molar-refractivity contribution >= 4 is 60.5 Å². The van der Waals surface area contributed by atoms with Crippen LogP contribution < -0.4 is 20.3 Å². The van der Waals surface area contributed by atoms with Crippen molar-refractivity contribution < 1.29 is 19.1 Å². The first-order valence-corrected chi connectivity index (χ1v) is 10.5. The molecule has 2 N–H and O–H groups in total. The topological polar surface area (TPSA) is 76.7 Å². The Morgan fingerprint density at radius 3 is 2.60 bits per heavy atom. The summed E-state index contributed by atoms with van der Waals surface area (Å²) in [6.07, 6.45) is 2.90. The van der Waals surface area contributed by atoms with Gasteiger partial charge in [-0.1, -0.05) is 46.3 Å². The Morgan fingerprint density at radius 1 is 1.00 bits per heavy atom. The van der Waals surface area contributed by atoms with E-state index in [1.165, 1.54) is 6.08 Å². The molecular formula is C22H18Br2N2O4. The Kier molecular flexibility index (Phi) is 7.48.